The second kappa shape index (κ2) is 7.12. The van der Waals surface area contributed by atoms with E-state index in [2.05, 4.69) is 5.32 Å². The van der Waals surface area contributed by atoms with Crippen LogP contribution in [0.25, 0.3) is 0 Å². The SMILES string of the molecule is CCc1ccc(C(=O)N2CCS(=O)(=O)CC2CC(=O)NC)cc1. The molecule has 7 heteroatoms. The van der Waals surface area contributed by atoms with Crippen molar-refractivity contribution >= 4 is 21.7 Å². The van der Waals surface area contributed by atoms with Gasteiger partial charge in [0.2, 0.25) is 5.91 Å². The highest BCUT2D eigenvalue weighted by Gasteiger charge is 2.35. The molecule has 1 N–H and O–H groups in total. The van der Waals surface area contributed by atoms with Crippen LogP contribution in [0, 0.1) is 0 Å². The number of aryl methyl sites for hydroxylation is 1. The van der Waals surface area contributed by atoms with Gasteiger partial charge < -0.3 is 10.2 Å². The van der Waals surface area contributed by atoms with Crippen LogP contribution in [0.15, 0.2) is 24.3 Å². The summed E-state index contributed by atoms with van der Waals surface area (Å²) in [7, 11) is -1.72. The number of hydrogen-bond acceptors (Lipinski definition) is 4. The molecule has 0 aromatic heterocycles. The van der Waals surface area contributed by atoms with Gasteiger partial charge in [0.05, 0.1) is 17.5 Å². The highest BCUT2D eigenvalue weighted by atomic mass is 32.2. The van der Waals surface area contributed by atoms with Gasteiger partial charge in [0.15, 0.2) is 9.84 Å². The number of rotatable bonds is 4. The van der Waals surface area contributed by atoms with Crippen LogP contribution in [0.5, 0.6) is 0 Å². The lowest BCUT2D eigenvalue weighted by Crippen LogP contribution is -2.52. The highest BCUT2D eigenvalue weighted by Crippen LogP contribution is 2.18. The molecule has 1 unspecified atom stereocenters. The second-order valence-corrected chi connectivity index (χ2v) is 7.92. The molecule has 23 heavy (non-hydrogen) atoms. The van der Waals surface area contributed by atoms with Gasteiger partial charge >= 0.3 is 0 Å². The third kappa shape index (κ3) is 4.31. The number of carbonyl (C=O) groups excluding carboxylic acids is 2. The lowest BCUT2D eigenvalue weighted by molar-refractivity contribution is -0.121. The summed E-state index contributed by atoms with van der Waals surface area (Å²) in [5.41, 5.74) is 1.65. The van der Waals surface area contributed by atoms with Gasteiger partial charge in [-0.1, -0.05) is 19.1 Å². The quantitative estimate of drug-likeness (QED) is 0.872. The predicted octanol–water partition coefficient (Wildman–Crippen LogP) is 0.624. The Balaban J connectivity index is 2.22. The largest absolute Gasteiger partial charge is 0.359 e. The number of benzene rings is 1. The van der Waals surface area contributed by atoms with Gasteiger partial charge in [-0.3, -0.25) is 9.59 Å². The first-order valence-electron chi connectivity index (χ1n) is 7.67. The fourth-order valence-corrected chi connectivity index (χ4v) is 4.21. The van der Waals surface area contributed by atoms with Crippen LogP contribution in [0.2, 0.25) is 0 Å². The first-order valence-corrected chi connectivity index (χ1v) is 9.49. The summed E-state index contributed by atoms with van der Waals surface area (Å²) >= 11 is 0. The normalized spacial score (nSPS) is 20.1. The fraction of sp³-hybridized carbons (Fsp3) is 0.500. The van der Waals surface area contributed by atoms with Crippen molar-refractivity contribution in [2.45, 2.75) is 25.8 Å². The molecule has 1 aliphatic rings. The minimum Gasteiger partial charge on any atom is -0.359 e. The molecule has 1 aromatic carbocycles. The first kappa shape index (κ1) is 17.5. The smallest absolute Gasteiger partial charge is 0.254 e. The molecule has 0 aliphatic carbocycles. The highest BCUT2D eigenvalue weighted by molar-refractivity contribution is 7.91. The van der Waals surface area contributed by atoms with Gasteiger partial charge in [0.25, 0.3) is 5.91 Å². The topological polar surface area (TPSA) is 83.6 Å². The number of hydrogen-bond donors (Lipinski definition) is 1. The van der Waals surface area contributed by atoms with Crippen molar-refractivity contribution in [3.05, 3.63) is 35.4 Å². The van der Waals surface area contributed by atoms with Crippen LogP contribution >= 0.6 is 0 Å². The van der Waals surface area contributed by atoms with Crippen molar-refractivity contribution in [2.24, 2.45) is 0 Å². The van der Waals surface area contributed by atoms with E-state index >= 15 is 0 Å². The fourth-order valence-electron chi connectivity index (χ4n) is 2.69. The van der Waals surface area contributed by atoms with Crippen LogP contribution in [0.1, 0.15) is 29.3 Å². The molecule has 0 bridgehead atoms. The molecule has 1 fully saturated rings. The summed E-state index contributed by atoms with van der Waals surface area (Å²) in [6, 6.07) is 6.67. The van der Waals surface area contributed by atoms with Crippen molar-refractivity contribution in [3.8, 4) is 0 Å². The van der Waals surface area contributed by atoms with E-state index in [1.54, 1.807) is 12.1 Å². The molecular formula is C16H22N2O4S. The van der Waals surface area contributed by atoms with Crippen molar-refractivity contribution in [1.82, 2.24) is 10.2 Å². The Morgan fingerprint density at radius 3 is 2.48 bits per heavy atom. The van der Waals surface area contributed by atoms with E-state index < -0.39 is 15.9 Å². The third-order valence-corrected chi connectivity index (χ3v) is 5.80. The number of carbonyl (C=O) groups is 2. The van der Waals surface area contributed by atoms with E-state index in [0.29, 0.717) is 5.56 Å². The zero-order chi connectivity index (χ0) is 17.0. The standard InChI is InChI=1S/C16H22N2O4S/c1-3-12-4-6-13(7-5-12)16(20)18-8-9-23(21,22)11-14(18)10-15(19)17-2/h4-7,14H,3,8-11H2,1-2H3,(H,17,19). The van der Waals surface area contributed by atoms with E-state index in [9.17, 15) is 18.0 Å². The van der Waals surface area contributed by atoms with E-state index in [1.165, 1.54) is 11.9 Å². The van der Waals surface area contributed by atoms with Crippen LogP contribution in [0.4, 0.5) is 0 Å². The van der Waals surface area contributed by atoms with Gasteiger partial charge in [-0.15, -0.1) is 0 Å². The first-order chi connectivity index (χ1) is 10.9. The van der Waals surface area contributed by atoms with E-state index in [4.69, 9.17) is 0 Å². The number of nitrogens with zero attached hydrogens (tertiary/aromatic N) is 1. The number of sulfone groups is 1. The molecule has 0 saturated carbocycles. The third-order valence-electron chi connectivity index (χ3n) is 4.10. The molecule has 1 heterocycles. The molecular weight excluding hydrogens is 316 g/mol. The Morgan fingerprint density at radius 1 is 1.26 bits per heavy atom. The lowest BCUT2D eigenvalue weighted by Gasteiger charge is -2.35. The molecule has 1 aliphatic heterocycles. The van der Waals surface area contributed by atoms with Gasteiger partial charge in [-0.2, -0.15) is 0 Å². The Hall–Kier alpha value is -1.89. The zero-order valence-corrected chi connectivity index (χ0v) is 14.2. The second-order valence-electron chi connectivity index (χ2n) is 5.69. The molecule has 6 nitrogen and oxygen atoms in total. The average molecular weight is 338 g/mol. The lowest BCUT2D eigenvalue weighted by atomic mass is 10.1. The minimum absolute atomic E-state index is 0.00544. The van der Waals surface area contributed by atoms with Crippen molar-refractivity contribution in [3.63, 3.8) is 0 Å². The van der Waals surface area contributed by atoms with Gasteiger partial charge in [0, 0.05) is 25.6 Å². The summed E-state index contributed by atoms with van der Waals surface area (Å²) in [4.78, 5) is 25.8. The average Bonchev–Trinajstić information content (AvgIpc) is 2.53. The summed E-state index contributed by atoms with van der Waals surface area (Å²) in [5.74, 6) is -0.724. The van der Waals surface area contributed by atoms with E-state index in [0.717, 1.165) is 12.0 Å². The van der Waals surface area contributed by atoms with E-state index in [1.807, 2.05) is 19.1 Å². The monoisotopic (exact) mass is 338 g/mol. The number of nitrogens with one attached hydrogen (secondary N) is 1. The van der Waals surface area contributed by atoms with Gasteiger partial charge in [0.1, 0.15) is 0 Å². The molecule has 1 saturated heterocycles. The van der Waals surface area contributed by atoms with Crippen molar-refractivity contribution in [1.29, 1.82) is 0 Å². The molecule has 2 rings (SSSR count). The maximum atomic E-state index is 12.7. The van der Waals surface area contributed by atoms with Gasteiger partial charge in [-0.05, 0) is 24.1 Å². The molecule has 126 valence electrons. The summed E-state index contributed by atoms with van der Waals surface area (Å²) in [5, 5.41) is 2.48. The summed E-state index contributed by atoms with van der Waals surface area (Å²) < 4.78 is 23.7. The van der Waals surface area contributed by atoms with E-state index in [-0.39, 0.29) is 36.3 Å². The van der Waals surface area contributed by atoms with Crippen molar-refractivity contribution in [2.75, 3.05) is 25.1 Å². The van der Waals surface area contributed by atoms with Crippen molar-refractivity contribution < 1.29 is 18.0 Å². The van der Waals surface area contributed by atoms with Crippen LogP contribution in [-0.4, -0.2) is 56.3 Å². The van der Waals surface area contributed by atoms with Crippen LogP contribution in [-0.2, 0) is 21.1 Å². The molecule has 1 aromatic rings. The predicted molar refractivity (Wildman–Crippen MR) is 88.0 cm³/mol. The Kier molecular flexibility index (Phi) is 5.41. The molecule has 2 amide bonds. The maximum absolute atomic E-state index is 12.7. The van der Waals surface area contributed by atoms with Crippen LogP contribution in [0.3, 0.4) is 0 Å². The van der Waals surface area contributed by atoms with Gasteiger partial charge in [-0.25, -0.2) is 8.42 Å². The summed E-state index contributed by atoms with van der Waals surface area (Å²) in [6.07, 6.45) is 0.879. The maximum Gasteiger partial charge on any atom is 0.254 e. The Morgan fingerprint density at radius 2 is 1.91 bits per heavy atom. The number of amides is 2. The molecule has 1 atom stereocenters. The Labute approximate surface area is 136 Å². The minimum atomic E-state index is -3.22. The van der Waals surface area contributed by atoms with Crippen LogP contribution < -0.4 is 5.32 Å². The summed E-state index contributed by atoms with van der Waals surface area (Å²) in [6.45, 7) is 2.16. The zero-order valence-electron chi connectivity index (χ0n) is 13.4. The molecule has 0 spiro atoms. The Bertz CT molecular complexity index is 683. The molecule has 0 radical (unpaired) electrons.